The van der Waals surface area contributed by atoms with Gasteiger partial charge in [-0.05, 0) is 19.9 Å². The molecular weight excluding hydrogens is 307 g/mol. The van der Waals surface area contributed by atoms with Gasteiger partial charge in [0.15, 0.2) is 0 Å². The summed E-state index contributed by atoms with van der Waals surface area (Å²) < 4.78 is 5.17. The molecule has 2 heterocycles. The number of carbonyl (C=O) groups is 1. The molecule has 0 bridgehead atoms. The third-order valence-electron chi connectivity index (χ3n) is 2.34. The highest BCUT2D eigenvalue weighted by atomic mass is 35.5. The molecule has 7 heteroatoms. The molecule has 0 N–H and O–H groups in total. The first-order chi connectivity index (χ1) is 8.97. The van der Waals surface area contributed by atoms with Crippen molar-refractivity contribution in [1.82, 2.24) is 9.97 Å². The van der Waals surface area contributed by atoms with E-state index < -0.39 is 5.97 Å². The molecule has 4 nitrogen and oxygen atoms in total. The smallest absolute Gasteiger partial charge is 0.340 e. The molecule has 0 spiro atoms. The summed E-state index contributed by atoms with van der Waals surface area (Å²) in [6.07, 6.45) is 0. The molecule has 0 fully saturated rings. The molecule has 0 unspecified atom stereocenters. The van der Waals surface area contributed by atoms with Crippen molar-refractivity contribution in [3.05, 3.63) is 43.6 Å². The van der Waals surface area contributed by atoms with Crippen LogP contribution in [0.2, 0.25) is 10.2 Å². The SMILES string of the molecule is Cc1csc(COC(=O)c2cc(Cl)c(Cl)nc2C)n1. The highest BCUT2D eigenvalue weighted by Gasteiger charge is 2.15. The number of pyridine rings is 1. The first-order valence-corrected chi connectivity index (χ1v) is 7.01. The van der Waals surface area contributed by atoms with Crippen LogP contribution in [0, 0.1) is 13.8 Å². The predicted molar refractivity (Wildman–Crippen MR) is 75.0 cm³/mol. The van der Waals surface area contributed by atoms with Gasteiger partial charge in [-0.2, -0.15) is 0 Å². The van der Waals surface area contributed by atoms with Gasteiger partial charge in [0, 0.05) is 11.1 Å². The lowest BCUT2D eigenvalue weighted by Gasteiger charge is -2.06. The number of aryl methyl sites for hydroxylation is 2. The monoisotopic (exact) mass is 316 g/mol. The van der Waals surface area contributed by atoms with Gasteiger partial charge >= 0.3 is 5.97 Å². The number of halogens is 2. The van der Waals surface area contributed by atoms with Crippen LogP contribution in [0.1, 0.15) is 26.8 Å². The summed E-state index contributed by atoms with van der Waals surface area (Å²) in [6.45, 7) is 3.69. The van der Waals surface area contributed by atoms with Gasteiger partial charge in [-0.15, -0.1) is 11.3 Å². The number of thiazole rings is 1. The van der Waals surface area contributed by atoms with Crippen LogP contribution in [0.15, 0.2) is 11.4 Å². The molecule has 0 aliphatic carbocycles. The van der Waals surface area contributed by atoms with E-state index in [2.05, 4.69) is 9.97 Å². The van der Waals surface area contributed by atoms with E-state index in [4.69, 9.17) is 27.9 Å². The van der Waals surface area contributed by atoms with Gasteiger partial charge < -0.3 is 4.74 Å². The van der Waals surface area contributed by atoms with E-state index in [1.54, 1.807) is 6.92 Å². The summed E-state index contributed by atoms with van der Waals surface area (Å²) in [5.41, 5.74) is 1.70. The van der Waals surface area contributed by atoms with E-state index in [0.717, 1.165) is 10.7 Å². The maximum absolute atomic E-state index is 11.9. The minimum absolute atomic E-state index is 0.136. The van der Waals surface area contributed by atoms with Gasteiger partial charge in [-0.3, -0.25) is 0 Å². The Kier molecular flexibility index (Phi) is 4.39. The maximum Gasteiger partial charge on any atom is 0.340 e. The molecular formula is C12H10Cl2N2O2S. The van der Waals surface area contributed by atoms with E-state index in [-0.39, 0.29) is 16.8 Å². The minimum Gasteiger partial charge on any atom is -0.455 e. The molecule has 0 aliphatic heterocycles. The van der Waals surface area contributed by atoms with Gasteiger partial charge in [-0.1, -0.05) is 23.2 Å². The largest absolute Gasteiger partial charge is 0.455 e. The second-order valence-electron chi connectivity index (χ2n) is 3.85. The van der Waals surface area contributed by atoms with E-state index in [0.29, 0.717) is 11.3 Å². The standard InChI is InChI=1S/C12H10Cl2N2O2S/c1-6-5-19-10(15-6)4-18-12(17)8-3-9(13)11(14)16-7(8)2/h3,5H,4H2,1-2H3. The number of esters is 1. The minimum atomic E-state index is -0.489. The van der Waals surface area contributed by atoms with Crippen molar-refractivity contribution in [3.8, 4) is 0 Å². The van der Waals surface area contributed by atoms with E-state index >= 15 is 0 Å². The summed E-state index contributed by atoms with van der Waals surface area (Å²) in [4.78, 5) is 20.1. The first-order valence-electron chi connectivity index (χ1n) is 5.38. The van der Waals surface area contributed by atoms with Crippen molar-refractivity contribution < 1.29 is 9.53 Å². The van der Waals surface area contributed by atoms with Crippen LogP contribution < -0.4 is 0 Å². The van der Waals surface area contributed by atoms with Gasteiger partial charge in [0.25, 0.3) is 0 Å². The molecule has 100 valence electrons. The van der Waals surface area contributed by atoms with Crippen LogP contribution in [-0.4, -0.2) is 15.9 Å². The molecule has 19 heavy (non-hydrogen) atoms. The molecule has 0 saturated heterocycles. The quantitative estimate of drug-likeness (QED) is 0.638. The first kappa shape index (κ1) is 14.2. The fourth-order valence-electron chi connectivity index (χ4n) is 1.43. The molecule has 0 atom stereocenters. The van der Waals surface area contributed by atoms with Crippen LogP contribution in [0.25, 0.3) is 0 Å². The number of nitrogens with zero attached hydrogens (tertiary/aromatic N) is 2. The fourth-order valence-corrected chi connectivity index (χ4v) is 2.45. The van der Waals surface area contributed by atoms with Gasteiger partial charge in [0.1, 0.15) is 16.8 Å². The van der Waals surface area contributed by atoms with Crippen LogP contribution in [0.5, 0.6) is 0 Å². The van der Waals surface area contributed by atoms with Crippen molar-refractivity contribution in [2.75, 3.05) is 0 Å². The third kappa shape index (κ3) is 3.43. The van der Waals surface area contributed by atoms with Crippen molar-refractivity contribution >= 4 is 40.5 Å². The van der Waals surface area contributed by atoms with Crippen LogP contribution in [0.4, 0.5) is 0 Å². The Morgan fingerprint density at radius 2 is 2.11 bits per heavy atom. The number of carbonyl (C=O) groups excluding carboxylic acids is 1. The normalized spacial score (nSPS) is 10.5. The average Bonchev–Trinajstić information content (AvgIpc) is 2.77. The molecule has 0 aliphatic rings. The van der Waals surface area contributed by atoms with Gasteiger partial charge in [0.05, 0.1) is 16.3 Å². The summed E-state index contributed by atoms with van der Waals surface area (Å²) in [5.74, 6) is -0.489. The average molecular weight is 317 g/mol. The summed E-state index contributed by atoms with van der Waals surface area (Å²) in [7, 11) is 0. The number of aromatic nitrogens is 2. The van der Waals surface area contributed by atoms with Crippen molar-refractivity contribution in [3.63, 3.8) is 0 Å². The van der Waals surface area contributed by atoms with E-state index in [9.17, 15) is 4.79 Å². The zero-order chi connectivity index (χ0) is 14.0. The highest BCUT2D eigenvalue weighted by molar-refractivity contribution is 7.09. The Labute approximate surface area is 124 Å². The second-order valence-corrected chi connectivity index (χ2v) is 5.56. The van der Waals surface area contributed by atoms with Gasteiger partial charge in [-0.25, -0.2) is 14.8 Å². The molecule has 2 aromatic heterocycles. The van der Waals surface area contributed by atoms with Gasteiger partial charge in [0.2, 0.25) is 0 Å². The van der Waals surface area contributed by atoms with Crippen molar-refractivity contribution in [2.45, 2.75) is 20.5 Å². The molecule has 0 radical (unpaired) electrons. The maximum atomic E-state index is 11.9. The Hall–Kier alpha value is -1.17. The highest BCUT2D eigenvalue weighted by Crippen LogP contribution is 2.23. The van der Waals surface area contributed by atoms with Crippen LogP contribution >= 0.6 is 34.5 Å². The van der Waals surface area contributed by atoms with E-state index in [1.807, 2.05) is 12.3 Å². The van der Waals surface area contributed by atoms with Crippen molar-refractivity contribution in [2.24, 2.45) is 0 Å². The summed E-state index contributed by atoms with van der Waals surface area (Å²) >= 11 is 13.0. The molecule has 2 aromatic rings. The predicted octanol–water partition coefficient (Wildman–Crippen LogP) is 3.82. The number of ether oxygens (including phenoxy) is 1. The molecule has 2 rings (SSSR count). The zero-order valence-corrected chi connectivity index (χ0v) is 12.6. The molecule has 0 saturated carbocycles. The Morgan fingerprint density at radius 3 is 2.74 bits per heavy atom. The topological polar surface area (TPSA) is 52.1 Å². The molecule has 0 aromatic carbocycles. The Bertz CT molecular complexity index is 628. The summed E-state index contributed by atoms with van der Waals surface area (Å²) in [6, 6.07) is 1.46. The fraction of sp³-hybridized carbons (Fsp3) is 0.250. The van der Waals surface area contributed by atoms with E-state index in [1.165, 1.54) is 17.4 Å². The lowest BCUT2D eigenvalue weighted by Crippen LogP contribution is -2.08. The third-order valence-corrected chi connectivity index (χ3v) is 3.95. The second kappa shape index (κ2) is 5.86. The number of hydrogen-bond donors (Lipinski definition) is 0. The zero-order valence-electron chi connectivity index (χ0n) is 10.2. The Morgan fingerprint density at radius 1 is 1.37 bits per heavy atom. The lowest BCUT2D eigenvalue weighted by atomic mass is 10.2. The Balaban J connectivity index is 2.10. The van der Waals surface area contributed by atoms with Crippen LogP contribution in [0.3, 0.4) is 0 Å². The summed E-state index contributed by atoms with van der Waals surface area (Å²) in [5, 5.41) is 3.04. The molecule has 0 amide bonds. The van der Waals surface area contributed by atoms with Crippen LogP contribution in [-0.2, 0) is 11.3 Å². The van der Waals surface area contributed by atoms with Crippen molar-refractivity contribution in [1.29, 1.82) is 0 Å². The number of hydrogen-bond acceptors (Lipinski definition) is 5. The lowest BCUT2D eigenvalue weighted by molar-refractivity contribution is 0.0471. The number of rotatable bonds is 3.